The lowest BCUT2D eigenvalue weighted by Crippen LogP contribution is -2.34. The number of amides is 1. The average molecular weight is 393 g/mol. The number of nitrogens with one attached hydrogen (secondary N) is 1. The molecular formula is C23H27N3O3. The topological polar surface area (TPSA) is 96.6 Å². The smallest absolute Gasteiger partial charge is 0.262 e. The van der Waals surface area contributed by atoms with Gasteiger partial charge in [0.05, 0.1) is 12.7 Å². The summed E-state index contributed by atoms with van der Waals surface area (Å²) in [6.45, 7) is 2.77. The van der Waals surface area contributed by atoms with Gasteiger partial charge in [0.2, 0.25) is 0 Å². The molecule has 0 radical (unpaired) electrons. The zero-order chi connectivity index (χ0) is 20.8. The number of benzene rings is 2. The van der Waals surface area contributed by atoms with Gasteiger partial charge in [0.1, 0.15) is 11.6 Å². The third-order valence-corrected chi connectivity index (χ3v) is 5.41. The SMILES string of the molecule is CCC1CCCN1c1ccc2cc(/C=C(\C#N)C(=O)NCC(O)CO)ccc2c1. The maximum atomic E-state index is 12.1. The number of anilines is 1. The van der Waals surface area contributed by atoms with Crippen LogP contribution in [0.5, 0.6) is 0 Å². The van der Waals surface area contributed by atoms with Crippen LogP contribution in [0.25, 0.3) is 16.8 Å². The Bertz CT molecular complexity index is 948. The minimum absolute atomic E-state index is 0.0473. The molecule has 2 aromatic carbocycles. The third kappa shape index (κ3) is 4.94. The molecule has 1 aliphatic heterocycles. The van der Waals surface area contributed by atoms with Crippen molar-refractivity contribution in [3.63, 3.8) is 0 Å². The van der Waals surface area contributed by atoms with Gasteiger partial charge in [-0.25, -0.2) is 0 Å². The third-order valence-electron chi connectivity index (χ3n) is 5.41. The minimum atomic E-state index is -1.04. The first-order chi connectivity index (χ1) is 14.0. The van der Waals surface area contributed by atoms with E-state index in [1.165, 1.54) is 24.6 Å². The van der Waals surface area contributed by atoms with E-state index in [0.717, 1.165) is 29.3 Å². The molecule has 3 rings (SSSR count). The Hall–Kier alpha value is -2.88. The molecular weight excluding hydrogens is 366 g/mol. The molecule has 0 aliphatic carbocycles. The fourth-order valence-corrected chi connectivity index (χ4v) is 3.81. The number of hydrogen-bond acceptors (Lipinski definition) is 5. The van der Waals surface area contributed by atoms with E-state index in [2.05, 4.69) is 35.3 Å². The van der Waals surface area contributed by atoms with Gasteiger partial charge in [0, 0.05) is 24.8 Å². The molecule has 1 amide bonds. The van der Waals surface area contributed by atoms with Crippen LogP contribution < -0.4 is 10.2 Å². The lowest BCUT2D eigenvalue weighted by molar-refractivity contribution is -0.117. The van der Waals surface area contributed by atoms with Crippen molar-refractivity contribution < 1.29 is 15.0 Å². The van der Waals surface area contributed by atoms with Crippen LogP contribution >= 0.6 is 0 Å². The molecule has 2 aromatic rings. The van der Waals surface area contributed by atoms with E-state index in [0.29, 0.717) is 6.04 Å². The maximum absolute atomic E-state index is 12.1. The van der Waals surface area contributed by atoms with E-state index < -0.39 is 18.6 Å². The number of aliphatic hydroxyl groups excluding tert-OH is 2. The first kappa shape index (κ1) is 20.8. The zero-order valence-corrected chi connectivity index (χ0v) is 16.6. The second-order valence-electron chi connectivity index (χ2n) is 7.40. The second-order valence-corrected chi connectivity index (χ2v) is 7.40. The predicted octanol–water partition coefficient (Wildman–Crippen LogP) is 2.59. The molecule has 1 heterocycles. The van der Waals surface area contributed by atoms with Gasteiger partial charge in [-0.05, 0) is 59.9 Å². The maximum Gasteiger partial charge on any atom is 0.262 e. The Morgan fingerprint density at radius 1 is 1.34 bits per heavy atom. The molecule has 2 atom stereocenters. The molecule has 0 spiro atoms. The minimum Gasteiger partial charge on any atom is -0.394 e. The van der Waals surface area contributed by atoms with Crippen LogP contribution in [0.1, 0.15) is 31.7 Å². The summed E-state index contributed by atoms with van der Waals surface area (Å²) in [5.74, 6) is -0.574. The number of aliphatic hydroxyl groups is 2. The summed E-state index contributed by atoms with van der Waals surface area (Å²) in [5, 5.41) is 32.1. The highest BCUT2D eigenvalue weighted by Crippen LogP contribution is 2.30. The van der Waals surface area contributed by atoms with Crippen molar-refractivity contribution in [2.45, 2.75) is 38.3 Å². The highest BCUT2D eigenvalue weighted by atomic mass is 16.3. The van der Waals surface area contributed by atoms with E-state index in [1.54, 1.807) is 0 Å². The normalized spacial score (nSPS) is 17.9. The average Bonchev–Trinajstić information content (AvgIpc) is 3.24. The molecule has 152 valence electrons. The van der Waals surface area contributed by atoms with E-state index >= 15 is 0 Å². The van der Waals surface area contributed by atoms with Crippen LogP contribution in [0.4, 0.5) is 5.69 Å². The predicted molar refractivity (Wildman–Crippen MR) is 114 cm³/mol. The fourth-order valence-electron chi connectivity index (χ4n) is 3.81. The fraction of sp³-hybridized carbons (Fsp3) is 0.391. The summed E-state index contributed by atoms with van der Waals surface area (Å²) in [6.07, 6.45) is 4.11. The molecule has 2 unspecified atom stereocenters. The molecule has 1 saturated heterocycles. The summed E-state index contributed by atoms with van der Waals surface area (Å²) in [5.41, 5.74) is 1.95. The van der Waals surface area contributed by atoms with E-state index in [1.807, 2.05) is 24.3 Å². The van der Waals surface area contributed by atoms with Crippen LogP contribution in [-0.2, 0) is 4.79 Å². The van der Waals surface area contributed by atoms with E-state index in [4.69, 9.17) is 5.11 Å². The molecule has 0 saturated carbocycles. The molecule has 0 aromatic heterocycles. The number of fused-ring (bicyclic) bond motifs is 1. The van der Waals surface area contributed by atoms with Crippen molar-refractivity contribution in [3.05, 3.63) is 47.5 Å². The first-order valence-electron chi connectivity index (χ1n) is 10.0. The summed E-state index contributed by atoms with van der Waals surface area (Å²) in [6, 6.07) is 14.8. The van der Waals surface area contributed by atoms with E-state index in [9.17, 15) is 15.2 Å². The Labute approximate surface area is 171 Å². The standard InChI is InChI=1S/C23H27N3O3/c1-2-20-4-3-9-26(20)21-8-7-17-10-16(5-6-18(17)12-21)11-19(13-24)23(29)25-14-22(28)15-27/h5-8,10-12,20,22,27-28H,2-4,9,14-15H2,1H3,(H,25,29)/b19-11+. The van der Waals surface area contributed by atoms with Crippen LogP contribution in [0.15, 0.2) is 42.0 Å². The van der Waals surface area contributed by atoms with Gasteiger partial charge in [-0.2, -0.15) is 5.26 Å². The molecule has 6 nitrogen and oxygen atoms in total. The van der Waals surface area contributed by atoms with Gasteiger partial charge >= 0.3 is 0 Å². The summed E-state index contributed by atoms with van der Waals surface area (Å²) in [4.78, 5) is 14.6. The van der Waals surface area contributed by atoms with Gasteiger partial charge < -0.3 is 20.4 Å². The van der Waals surface area contributed by atoms with E-state index in [-0.39, 0.29) is 12.1 Å². The summed E-state index contributed by atoms with van der Waals surface area (Å²) in [7, 11) is 0. The van der Waals surface area contributed by atoms with Crippen molar-refractivity contribution in [3.8, 4) is 6.07 Å². The van der Waals surface area contributed by atoms with Crippen LogP contribution in [0.3, 0.4) is 0 Å². The van der Waals surface area contributed by atoms with Crippen LogP contribution in [0, 0.1) is 11.3 Å². The lowest BCUT2D eigenvalue weighted by Gasteiger charge is -2.26. The lowest BCUT2D eigenvalue weighted by atomic mass is 10.0. The number of carbonyl (C=O) groups excluding carboxylic acids is 1. The van der Waals surface area contributed by atoms with Crippen molar-refractivity contribution in [1.82, 2.24) is 5.32 Å². The number of carbonyl (C=O) groups is 1. The Morgan fingerprint density at radius 2 is 2.10 bits per heavy atom. The highest BCUT2D eigenvalue weighted by Gasteiger charge is 2.23. The quantitative estimate of drug-likeness (QED) is 0.496. The van der Waals surface area contributed by atoms with Gasteiger partial charge in [0.15, 0.2) is 0 Å². The summed E-state index contributed by atoms with van der Waals surface area (Å²) < 4.78 is 0. The van der Waals surface area contributed by atoms with Gasteiger partial charge in [0.25, 0.3) is 5.91 Å². The molecule has 29 heavy (non-hydrogen) atoms. The molecule has 3 N–H and O–H groups in total. The zero-order valence-electron chi connectivity index (χ0n) is 16.6. The molecule has 1 fully saturated rings. The molecule has 6 heteroatoms. The van der Waals surface area contributed by atoms with Crippen molar-refractivity contribution in [1.29, 1.82) is 5.26 Å². The van der Waals surface area contributed by atoms with Crippen molar-refractivity contribution >= 4 is 28.4 Å². The van der Waals surface area contributed by atoms with Crippen molar-refractivity contribution in [2.75, 3.05) is 24.6 Å². The Balaban J connectivity index is 1.80. The molecule has 1 aliphatic rings. The second kappa shape index (κ2) is 9.55. The Morgan fingerprint density at radius 3 is 2.83 bits per heavy atom. The van der Waals surface area contributed by atoms with Crippen molar-refractivity contribution in [2.24, 2.45) is 0 Å². The number of rotatable bonds is 7. The number of nitrogens with zero attached hydrogens (tertiary/aromatic N) is 2. The number of hydrogen-bond donors (Lipinski definition) is 3. The highest BCUT2D eigenvalue weighted by molar-refractivity contribution is 6.02. The molecule has 0 bridgehead atoms. The summed E-state index contributed by atoms with van der Waals surface area (Å²) >= 11 is 0. The van der Waals surface area contributed by atoms with Gasteiger partial charge in [-0.3, -0.25) is 4.79 Å². The largest absolute Gasteiger partial charge is 0.394 e. The van der Waals surface area contributed by atoms with Crippen LogP contribution in [0.2, 0.25) is 0 Å². The monoisotopic (exact) mass is 393 g/mol. The van der Waals surface area contributed by atoms with Gasteiger partial charge in [-0.1, -0.05) is 25.1 Å². The first-order valence-corrected chi connectivity index (χ1v) is 10.0. The van der Waals surface area contributed by atoms with Gasteiger partial charge in [-0.15, -0.1) is 0 Å². The number of nitriles is 1. The Kier molecular flexibility index (Phi) is 6.86. The van der Waals surface area contributed by atoms with Crippen LogP contribution in [-0.4, -0.2) is 48.0 Å².